The van der Waals surface area contributed by atoms with Crippen molar-refractivity contribution < 1.29 is 14.6 Å². The molecular weight excluding hydrogens is 362 g/mol. The molecule has 1 N–H and O–H groups in total. The molecule has 2 aromatic rings. The van der Waals surface area contributed by atoms with E-state index in [-0.39, 0.29) is 6.61 Å². The van der Waals surface area contributed by atoms with Crippen LogP contribution >= 0.6 is 11.3 Å². The molecule has 0 spiro atoms. The number of rotatable bonds is 12. The van der Waals surface area contributed by atoms with Gasteiger partial charge in [0.25, 0.3) is 0 Å². The van der Waals surface area contributed by atoms with E-state index in [9.17, 15) is 5.11 Å². The van der Waals surface area contributed by atoms with E-state index in [0.717, 1.165) is 36.8 Å². The standard InChI is InChI=1S/C20H31N3O3S/c1-5-23(6-2)13-17(24)15-26-18-8-7-16(11-19(18)25-4)12-22(3)14-20-21-9-10-27-20/h7-11,17,24H,5-6,12-15H2,1-4H3/t17-/m1/s1. The SMILES string of the molecule is CCN(CC)C[C@@H](O)COc1ccc(CN(C)Cc2nccs2)cc1OC. The quantitative estimate of drug-likeness (QED) is 0.598. The van der Waals surface area contributed by atoms with Crippen molar-refractivity contribution >= 4 is 11.3 Å². The fraction of sp³-hybridized carbons (Fsp3) is 0.550. The summed E-state index contributed by atoms with van der Waals surface area (Å²) in [7, 11) is 3.71. The summed E-state index contributed by atoms with van der Waals surface area (Å²) in [6.45, 7) is 8.47. The molecule has 0 bridgehead atoms. The van der Waals surface area contributed by atoms with Gasteiger partial charge in [-0.15, -0.1) is 11.3 Å². The smallest absolute Gasteiger partial charge is 0.161 e. The highest BCUT2D eigenvalue weighted by Crippen LogP contribution is 2.29. The third kappa shape index (κ3) is 7.10. The van der Waals surface area contributed by atoms with E-state index in [2.05, 4.69) is 35.7 Å². The Hall–Kier alpha value is -1.67. The van der Waals surface area contributed by atoms with Crippen molar-refractivity contribution in [1.29, 1.82) is 0 Å². The highest BCUT2D eigenvalue weighted by molar-refractivity contribution is 7.09. The largest absolute Gasteiger partial charge is 0.493 e. The van der Waals surface area contributed by atoms with Crippen molar-refractivity contribution in [3.8, 4) is 11.5 Å². The Morgan fingerprint density at radius 1 is 1.19 bits per heavy atom. The molecule has 6 nitrogen and oxygen atoms in total. The first-order valence-corrected chi connectivity index (χ1v) is 10.2. The van der Waals surface area contributed by atoms with Gasteiger partial charge >= 0.3 is 0 Å². The molecule has 150 valence electrons. The van der Waals surface area contributed by atoms with E-state index in [1.54, 1.807) is 18.4 Å². The van der Waals surface area contributed by atoms with Gasteiger partial charge in [0.1, 0.15) is 17.7 Å². The van der Waals surface area contributed by atoms with Crippen molar-refractivity contribution in [1.82, 2.24) is 14.8 Å². The lowest BCUT2D eigenvalue weighted by Crippen LogP contribution is -2.35. The average molecular weight is 394 g/mol. The number of aliphatic hydroxyl groups is 1. The van der Waals surface area contributed by atoms with Crippen LogP contribution in [0, 0.1) is 0 Å². The molecule has 7 heteroatoms. The molecule has 27 heavy (non-hydrogen) atoms. The van der Waals surface area contributed by atoms with Crippen LogP contribution in [0.25, 0.3) is 0 Å². The van der Waals surface area contributed by atoms with Crippen LogP contribution in [0.5, 0.6) is 11.5 Å². The van der Waals surface area contributed by atoms with Gasteiger partial charge in [-0.3, -0.25) is 4.90 Å². The molecule has 0 radical (unpaired) electrons. The van der Waals surface area contributed by atoms with Crippen molar-refractivity contribution in [3.05, 3.63) is 40.3 Å². The molecule has 0 aliphatic heterocycles. The van der Waals surface area contributed by atoms with E-state index in [0.29, 0.717) is 18.0 Å². The summed E-state index contributed by atoms with van der Waals surface area (Å²) in [5.41, 5.74) is 1.14. The predicted molar refractivity (Wildman–Crippen MR) is 110 cm³/mol. The predicted octanol–water partition coefficient (Wildman–Crippen LogP) is 2.87. The lowest BCUT2D eigenvalue weighted by molar-refractivity contribution is 0.0705. The number of benzene rings is 1. The van der Waals surface area contributed by atoms with Gasteiger partial charge in [0.15, 0.2) is 11.5 Å². The summed E-state index contributed by atoms with van der Waals surface area (Å²) in [6, 6.07) is 5.94. The minimum Gasteiger partial charge on any atom is -0.493 e. The molecule has 0 aliphatic carbocycles. The second-order valence-electron chi connectivity index (χ2n) is 6.53. The maximum absolute atomic E-state index is 10.2. The van der Waals surface area contributed by atoms with E-state index < -0.39 is 6.10 Å². The normalized spacial score (nSPS) is 12.6. The van der Waals surface area contributed by atoms with E-state index in [1.165, 1.54) is 0 Å². The average Bonchev–Trinajstić information content (AvgIpc) is 3.17. The van der Waals surface area contributed by atoms with Crippen molar-refractivity contribution in [2.75, 3.05) is 40.4 Å². The molecule has 0 unspecified atom stereocenters. The van der Waals surface area contributed by atoms with E-state index in [1.807, 2.05) is 29.8 Å². The van der Waals surface area contributed by atoms with Crippen LogP contribution in [0.2, 0.25) is 0 Å². The Morgan fingerprint density at radius 3 is 2.59 bits per heavy atom. The van der Waals surface area contributed by atoms with E-state index in [4.69, 9.17) is 9.47 Å². The number of ether oxygens (including phenoxy) is 2. The molecule has 0 saturated heterocycles. The Kier molecular flexibility index (Phi) is 9.00. The van der Waals surface area contributed by atoms with Crippen LogP contribution in [-0.2, 0) is 13.1 Å². The van der Waals surface area contributed by atoms with Crippen LogP contribution in [0.3, 0.4) is 0 Å². The van der Waals surface area contributed by atoms with E-state index >= 15 is 0 Å². The minimum atomic E-state index is -0.529. The summed E-state index contributed by atoms with van der Waals surface area (Å²) in [4.78, 5) is 8.71. The molecule has 1 heterocycles. The molecule has 0 saturated carbocycles. The highest BCUT2D eigenvalue weighted by atomic mass is 32.1. The topological polar surface area (TPSA) is 58.1 Å². The lowest BCUT2D eigenvalue weighted by Gasteiger charge is -2.22. The number of thiazole rings is 1. The summed E-state index contributed by atoms with van der Waals surface area (Å²) >= 11 is 1.66. The van der Waals surface area contributed by atoms with Crippen molar-refractivity contribution in [2.24, 2.45) is 0 Å². The number of methoxy groups -OCH3 is 1. The van der Waals surface area contributed by atoms with Crippen LogP contribution in [-0.4, -0.2) is 66.4 Å². The summed E-state index contributed by atoms with van der Waals surface area (Å²) < 4.78 is 11.3. The number of aliphatic hydroxyl groups excluding tert-OH is 1. The third-order valence-corrected chi connectivity index (χ3v) is 5.13. The van der Waals surface area contributed by atoms with Gasteiger partial charge in [-0.1, -0.05) is 19.9 Å². The summed E-state index contributed by atoms with van der Waals surface area (Å²) in [5, 5.41) is 13.3. The van der Waals surface area contributed by atoms with Crippen LogP contribution in [0.4, 0.5) is 0 Å². The first-order chi connectivity index (χ1) is 13.0. The fourth-order valence-corrected chi connectivity index (χ4v) is 3.57. The monoisotopic (exact) mass is 393 g/mol. The van der Waals surface area contributed by atoms with Crippen molar-refractivity contribution in [2.45, 2.75) is 33.0 Å². The minimum absolute atomic E-state index is 0.246. The first-order valence-electron chi connectivity index (χ1n) is 9.32. The van der Waals surface area contributed by atoms with Crippen LogP contribution in [0.15, 0.2) is 29.8 Å². The maximum Gasteiger partial charge on any atom is 0.161 e. The van der Waals surface area contributed by atoms with Gasteiger partial charge in [-0.05, 0) is 37.8 Å². The zero-order valence-electron chi connectivity index (χ0n) is 16.7. The Balaban J connectivity index is 1.90. The molecular formula is C20H31N3O3S. The second-order valence-corrected chi connectivity index (χ2v) is 7.51. The van der Waals surface area contributed by atoms with Gasteiger partial charge in [0, 0.05) is 24.7 Å². The number of hydrogen-bond acceptors (Lipinski definition) is 7. The zero-order chi connectivity index (χ0) is 19.6. The summed E-state index contributed by atoms with van der Waals surface area (Å²) in [5.74, 6) is 1.34. The number of likely N-dealkylation sites (N-methyl/N-ethyl adjacent to an activating group) is 1. The van der Waals surface area contributed by atoms with Gasteiger partial charge in [-0.2, -0.15) is 0 Å². The summed E-state index contributed by atoms with van der Waals surface area (Å²) in [6.07, 6.45) is 1.30. The fourth-order valence-electron chi connectivity index (χ4n) is 2.88. The molecule has 2 rings (SSSR count). The van der Waals surface area contributed by atoms with Gasteiger partial charge < -0.3 is 19.5 Å². The van der Waals surface area contributed by atoms with Crippen LogP contribution < -0.4 is 9.47 Å². The molecule has 1 aromatic carbocycles. The third-order valence-electron chi connectivity index (χ3n) is 4.36. The zero-order valence-corrected chi connectivity index (χ0v) is 17.5. The molecule has 1 atom stereocenters. The molecule has 0 aliphatic rings. The molecule has 1 aromatic heterocycles. The Labute approximate surface area is 166 Å². The number of hydrogen-bond donors (Lipinski definition) is 1. The maximum atomic E-state index is 10.2. The molecule has 0 fully saturated rings. The second kappa shape index (κ2) is 11.2. The van der Waals surface area contributed by atoms with Crippen LogP contribution in [0.1, 0.15) is 24.4 Å². The lowest BCUT2D eigenvalue weighted by atomic mass is 10.2. The molecule has 0 amide bonds. The highest BCUT2D eigenvalue weighted by Gasteiger charge is 2.13. The number of aromatic nitrogens is 1. The van der Waals surface area contributed by atoms with Gasteiger partial charge in [0.2, 0.25) is 0 Å². The number of nitrogens with zero attached hydrogens (tertiary/aromatic N) is 3. The van der Waals surface area contributed by atoms with Gasteiger partial charge in [-0.25, -0.2) is 4.98 Å². The Bertz CT molecular complexity index is 662. The Morgan fingerprint density at radius 2 is 1.96 bits per heavy atom. The van der Waals surface area contributed by atoms with Gasteiger partial charge in [0.05, 0.1) is 13.7 Å². The van der Waals surface area contributed by atoms with Crippen molar-refractivity contribution in [3.63, 3.8) is 0 Å². The first kappa shape index (κ1) is 21.6.